The first-order valence-electron chi connectivity index (χ1n) is 7.26. The third kappa shape index (κ3) is 4.17. The van der Waals surface area contributed by atoms with Gasteiger partial charge in [0.05, 0.1) is 5.56 Å². The minimum Gasteiger partial charge on any atom is -0.322 e. The van der Waals surface area contributed by atoms with Gasteiger partial charge in [0.15, 0.2) is 0 Å². The topological polar surface area (TPSA) is 54.9 Å². The molecule has 6 heteroatoms. The fourth-order valence-electron chi connectivity index (χ4n) is 2.04. The lowest BCUT2D eigenvalue weighted by molar-refractivity contribution is 0.102. The number of nitrogens with zero attached hydrogens (tertiary/aromatic N) is 2. The van der Waals surface area contributed by atoms with E-state index in [0.29, 0.717) is 22.0 Å². The summed E-state index contributed by atoms with van der Waals surface area (Å²) < 4.78 is 12.9. The number of benzene rings is 1. The van der Waals surface area contributed by atoms with Crippen molar-refractivity contribution in [2.24, 2.45) is 0 Å². The maximum atomic E-state index is 12.9. The number of anilines is 1. The number of hydrogen-bond donors (Lipinski definition) is 1. The monoisotopic (exact) mass is 339 g/mol. The van der Waals surface area contributed by atoms with Crippen molar-refractivity contribution in [1.29, 1.82) is 0 Å². The highest BCUT2D eigenvalue weighted by Crippen LogP contribution is 2.24. The van der Waals surface area contributed by atoms with Crippen LogP contribution in [0.4, 0.5) is 10.1 Å². The number of nitrogens with one attached hydrogen (secondary N) is 1. The molecular formula is C18H14FN3OS. The molecule has 0 bridgehead atoms. The summed E-state index contributed by atoms with van der Waals surface area (Å²) >= 11 is 1.48. The number of aromatic nitrogens is 2. The van der Waals surface area contributed by atoms with E-state index in [1.807, 2.05) is 12.1 Å². The zero-order valence-corrected chi connectivity index (χ0v) is 13.5. The van der Waals surface area contributed by atoms with E-state index in [1.54, 1.807) is 30.7 Å². The summed E-state index contributed by atoms with van der Waals surface area (Å²) in [6.07, 6.45) is 5.12. The molecular weight excluding hydrogens is 325 g/mol. The maximum Gasteiger partial charge on any atom is 0.258 e. The smallest absolute Gasteiger partial charge is 0.258 e. The van der Waals surface area contributed by atoms with E-state index in [9.17, 15) is 9.18 Å². The summed E-state index contributed by atoms with van der Waals surface area (Å²) in [5, 5.41) is 3.40. The molecule has 1 amide bonds. The van der Waals surface area contributed by atoms with Gasteiger partial charge in [0.2, 0.25) is 0 Å². The molecule has 120 valence electrons. The summed E-state index contributed by atoms with van der Waals surface area (Å²) in [5.74, 6) is 0.0750. The van der Waals surface area contributed by atoms with Gasteiger partial charge in [0.1, 0.15) is 10.8 Å². The predicted molar refractivity (Wildman–Crippen MR) is 92.4 cm³/mol. The van der Waals surface area contributed by atoms with Gasteiger partial charge in [0.25, 0.3) is 5.91 Å². The van der Waals surface area contributed by atoms with E-state index in [4.69, 9.17) is 0 Å². The highest BCUT2D eigenvalue weighted by molar-refractivity contribution is 7.98. The molecule has 0 spiro atoms. The second-order valence-corrected chi connectivity index (χ2v) is 5.93. The summed E-state index contributed by atoms with van der Waals surface area (Å²) in [6.45, 7) is 0. The highest BCUT2D eigenvalue weighted by Gasteiger charge is 2.13. The number of carbonyl (C=O) groups is 1. The van der Waals surface area contributed by atoms with Gasteiger partial charge in [-0.2, -0.15) is 0 Å². The Bertz CT molecular complexity index is 825. The van der Waals surface area contributed by atoms with Crippen LogP contribution in [-0.2, 0) is 5.75 Å². The predicted octanol–water partition coefficient (Wildman–Crippen LogP) is 4.16. The minimum absolute atomic E-state index is 0.271. The van der Waals surface area contributed by atoms with Crippen LogP contribution in [-0.4, -0.2) is 15.9 Å². The van der Waals surface area contributed by atoms with Crippen molar-refractivity contribution in [2.75, 3.05) is 5.32 Å². The number of pyridine rings is 2. The van der Waals surface area contributed by atoms with E-state index in [0.717, 1.165) is 5.56 Å². The van der Waals surface area contributed by atoms with Crippen LogP contribution in [0, 0.1) is 5.82 Å². The van der Waals surface area contributed by atoms with Crippen LogP contribution in [0.2, 0.25) is 0 Å². The first-order chi connectivity index (χ1) is 11.7. The largest absolute Gasteiger partial charge is 0.322 e. The van der Waals surface area contributed by atoms with Gasteiger partial charge in [0, 0.05) is 30.0 Å². The molecule has 0 radical (unpaired) electrons. The summed E-state index contributed by atoms with van der Waals surface area (Å²) in [4.78, 5) is 20.7. The normalized spacial score (nSPS) is 10.4. The molecule has 0 aliphatic rings. The van der Waals surface area contributed by atoms with E-state index < -0.39 is 0 Å². The Morgan fingerprint density at radius 3 is 2.54 bits per heavy atom. The lowest BCUT2D eigenvalue weighted by atomic mass is 10.2. The van der Waals surface area contributed by atoms with Gasteiger partial charge in [-0.25, -0.2) is 9.37 Å². The molecule has 0 unspecified atom stereocenters. The Morgan fingerprint density at radius 1 is 1.04 bits per heavy atom. The van der Waals surface area contributed by atoms with Crippen LogP contribution in [0.1, 0.15) is 15.9 Å². The van der Waals surface area contributed by atoms with Crippen LogP contribution in [0.15, 0.2) is 72.1 Å². The molecule has 2 heterocycles. The van der Waals surface area contributed by atoms with Crippen LogP contribution in [0.3, 0.4) is 0 Å². The summed E-state index contributed by atoms with van der Waals surface area (Å²) in [5.41, 5.74) is 2.13. The molecule has 0 atom stereocenters. The zero-order valence-electron chi connectivity index (χ0n) is 12.6. The number of carbonyl (C=O) groups excluding carboxylic acids is 1. The van der Waals surface area contributed by atoms with Crippen molar-refractivity contribution in [3.05, 3.63) is 84.1 Å². The average molecular weight is 339 g/mol. The van der Waals surface area contributed by atoms with Gasteiger partial charge in [-0.05, 0) is 54.1 Å². The van der Waals surface area contributed by atoms with Gasteiger partial charge in [-0.15, -0.1) is 11.8 Å². The van der Waals surface area contributed by atoms with Crippen molar-refractivity contribution in [1.82, 2.24) is 9.97 Å². The fourth-order valence-corrected chi connectivity index (χ4v) is 2.99. The Kier molecular flexibility index (Phi) is 5.18. The Hall–Kier alpha value is -2.73. The second-order valence-electron chi connectivity index (χ2n) is 4.96. The van der Waals surface area contributed by atoms with Crippen molar-refractivity contribution < 1.29 is 9.18 Å². The van der Waals surface area contributed by atoms with Gasteiger partial charge >= 0.3 is 0 Å². The van der Waals surface area contributed by atoms with Gasteiger partial charge in [-0.3, -0.25) is 9.78 Å². The van der Waals surface area contributed by atoms with Crippen LogP contribution in [0.25, 0.3) is 0 Å². The Morgan fingerprint density at radius 2 is 1.79 bits per heavy atom. The maximum absolute atomic E-state index is 12.9. The van der Waals surface area contributed by atoms with E-state index in [1.165, 1.54) is 36.0 Å². The first-order valence-corrected chi connectivity index (χ1v) is 8.24. The van der Waals surface area contributed by atoms with Crippen LogP contribution in [0.5, 0.6) is 0 Å². The molecule has 0 saturated carbocycles. The average Bonchev–Trinajstić information content (AvgIpc) is 2.63. The second kappa shape index (κ2) is 7.70. The number of thioether (sulfide) groups is 1. The first kappa shape index (κ1) is 16.1. The lowest BCUT2D eigenvalue weighted by Crippen LogP contribution is -2.13. The van der Waals surface area contributed by atoms with Crippen molar-refractivity contribution >= 4 is 23.4 Å². The van der Waals surface area contributed by atoms with Crippen molar-refractivity contribution in [3.8, 4) is 0 Å². The molecule has 0 saturated heterocycles. The summed E-state index contributed by atoms with van der Waals surface area (Å²) in [6, 6.07) is 12.9. The number of hydrogen-bond acceptors (Lipinski definition) is 4. The quantitative estimate of drug-likeness (QED) is 0.709. The molecule has 24 heavy (non-hydrogen) atoms. The molecule has 0 fully saturated rings. The van der Waals surface area contributed by atoms with Crippen molar-refractivity contribution in [3.63, 3.8) is 0 Å². The molecule has 3 rings (SSSR count). The lowest BCUT2D eigenvalue weighted by Gasteiger charge is -2.09. The van der Waals surface area contributed by atoms with Crippen LogP contribution >= 0.6 is 11.8 Å². The molecule has 1 aromatic carbocycles. The zero-order chi connectivity index (χ0) is 16.8. The molecule has 0 aliphatic carbocycles. The van der Waals surface area contributed by atoms with Gasteiger partial charge < -0.3 is 5.32 Å². The third-order valence-corrected chi connectivity index (χ3v) is 4.32. The molecule has 4 nitrogen and oxygen atoms in total. The minimum atomic E-state index is -0.344. The van der Waals surface area contributed by atoms with Gasteiger partial charge in [-0.1, -0.05) is 0 Å². The van der Waals surface area contributed by atoms with Crippen LogP contribution < -0.4 is 5.32 Å². The van der Waals surface area contributed by atoms with E-state index in [-0.39, 0.29) is 11.7 Å². The molecule has 3 aromatic rings. The summed E-state index contributed by atoms with van der Waals surface area (Å²) in [7, 11) is 0. The Balaban J connectivity index is 1.73. The number of amides is 1. The number of rotatable bonds is 5. The van der Waals surface area contributed by atoms with E-state index >= 15 is 0 Å². The molecule has 1 N–H and O–H groups in total. The standard InChI is InChI=1S/C18H14FN3OS/c19-14-3-5-15(6-4-14)22-17(23)16-2-1-9-21-18(16)24-12-13-7-10-20-11-8-13/h1-11H,12H2,(H,22,23). The highest BCUT2D eigenvalue weighted by atomic mass is 32.2. The molecule has 0 aliphatic heterocycles. The fraction of sp³-hybridized carbons (Fsp3) is 0.0556. The third-order valence-electron chi connectivity index (χ3n) is 3.24. The SMILES string of the molecule is O=C(Nc1ccc(F)cc1)c1cccnc1SCc1ccncc1. The Labute approximate surface area is 143 Å². The van der Waals surface area contributed by atoms with Crippen molar-refractivity contribution in [2.45, 2.75) is 10.8 Å². The molecule has 2 aromatic heterocycles. The van der Waals surface area contributed by atoms with E-state index in [2.05, 4.69) is 15.3 Å². The number of halogens is 1.